The van der Waals surface area contributed by atoms with Gasteiger partial charge in [0.05, 0.1) is 0 Å². The molecule has 17 heavy (non-hydrogen) atoms. The lowest BCUT2D eigenvalue weighted by molar-refractivity contribution is 0.196. The van der Waals surface area contributed by atoms with E-state index in [4.69, 9.17) is 4.74 Å². The lowest BCUT2D eigenvalue weighted by atomic mass is 10.2. The minimum Gasteiger partial charge on any atom is -0.385 e. The number of nitrogens with one attached hydrogen (secondary N) is 1. The Morgan fingerprint density at radius 2 is 2.18 bits per heavy atom. The maximum absolute atomic E-state index is 5.05. The molecule has 1 heterocycles. The SMILES string of the molecule is CNCc1ccc(N(C)CCCOC)nc1C. The summed E-state index contributed by atoms with van der Waals surface area (Å²) in [5, 5.41) is 3.15. The van der Waals surface area contributed by atoms with Crippen molar-refractivity contribution in [3.8, 4) is 0 Å². The van der Waals surface area contributed by atoms with Crippen LogP contribution < -0.4 is 10.2 Å². The zero-order valence-corrected chi connectivity index (χ0v) is 11.3. The summed E-state index contributed by atoms with van der Waals surface area (Å²) in [5.41, 5.74) is 2.34. The van der Waals surface area contributed by atoms with Crippen molar-refractivity contribution < 1.29 is 4.74 Å². The third kappa shape index (κ3) is 4.32. The highest BCUT2D eigenvalue weighted by Crippen LogP contribution is 2.13. The second-order valence-electron chi connectivity index (χ2n) is 4.21. The van der Waals surface area contributed by atoms with Crippen molar-refractivity contribution in [2.24, 2.45) is 0 Å². The first-order valence-corrected chi connectivity index (χ1v) is 6.00. The normalized spacial score (nSPS) is 10.6. The first kappa shape index (κ1) is 13.9. The molecule has 1 aromatic heterocycles. The molecule has 0 bridgehead atoms. The lowest BCUT2D eigenvalue weighted by Crippen LogP contribution is -2.21. The number of nitrogens with zero attached hydrogens (tertiary/aromatic N) is 2. The van der Waals surface area contributed by atoms with Crippen LogP contribution in [-0.4, -0.2) is 39.3 Å². The van der Waals surface area contributed by atoms with Crippen LogP contribution in [0, 0.1) is 6.92 Å². The molecule has 0 unspecified atom stereocenters. The summed E-state index contributed by atoms with van der Waals surface area (Å²) in [4.78, 5) is 6.78. The van der Waals surface area contributed by atoms with E-state index >= 15 is 0 Å². The molecule has 0 spiro atoms. The number of aryl methyl sites for hydroxylation is 1. The Kier molecular flexibility index (Phi) is 5.94. The quantitative estimate of drug-likeness (QED) is 0.731. The zero-order chi connectivity index (χ0) is 12.7. The van der Waals surface area contributed by atoms with Gasteiger partial charge in [-0.15, -0.1) is 0 Å². The number of aromatic nitrogens is 1. The number of hydrogen-bond donors (Lipinski definition) is 1. The van der Waals surface area contributed by atoms with Gasteiger partial charge in [-0.25, -0.2) is 4.98 Å². The predicted molar refractivity (Wildman–Crippen MR) is 71.5 cm³/mol. The van der Waals surface area contributed by atoms with E-state index in [1.807, 2.05) is 7.05 Å². The first-order chi connectivity index (χ1) is 8.19. The van der Waals surface area contributed by atoms with E-state index in [0.29, 0.717) is 0 Å². The smallest absolute Gasteiger partial charge is 0.128 e. The highest BCUT2D eigenvalue weighted by Gasteiger charge is 2.05. The van der Waals surface area contributed by atoms with Gasteiger partial charge in [-0.3, -0.25) is 0 Å². The molecule has 0 atom stereocenters. The summed E-state index contributed by atoms with van der Waals surface area (Å²) in [6.45, 7) is 4.68. The summed E-state index contributed by atoms with van der Waals surface area (Å²) in [7, 11) is 5.74. The Hall–Kier alpha value is -1.13. The molecule has 0 aliphatic carbocycles. The van der Waals surface area contributed by atoms with Gasteiger partial charge in [-0.05, 0) is 32.0 Å². The van der Waals surface area contributed by atoms with Gasteiger partial charge >= 0.3 is 0 Å². The Labute approximate surface area is 104 Å². The number of rotatable bonds is 7. The molecule has 0 aliphatic heterocycles. The van der Waals surface area contributed by atoms with E-state index in [1.54, 1.807) is 7.11 Å². The van der Waals surface area contributed by atoms with E-state index in [9.17, 15) is 0 Å². The van der Waals surface area contributed by atoms with Gasteiger partial charge in [0.1, 0.15) is 5.82 Å². The summed E-state index contributed by atoms with van der Waals surface area (Å²) >= 11 is 0. The predicted octanol–water partition coefficient (Wildman–Crippen LogP) is 1.58. The minimum atomic E-state index is 0.793. The maximum Gasteiger partial charge on any atom is 0.128 e. The summed E-state index contributed by atoms with van der Waals surface area (Å²) < 4.78 is 5.05. The lowest BCUT2D eigenvalue weighted by Gasteiger charge is -2.19. The van der Waals surface area contributed by atoms with Crippen LogP contribution in [0.4, 0.5) is 5.82 Å². The van der Waals surface area contributed by atoms with Gasteiger partial charge in [0, 0.05) is 39.5 Å². The van der Waals surface area contributed by atoms with Crippen molar-refractivity contribution in [1.29, 1.82) is 0 Å². The van der Waals surface area contributed by atoms with Crippen LogP contribution in [0.15, 0.2) is 12.1 Å². The molecule has 96 valence electrons. The molecular formula is C13H23N3O. The Balaban J connectivity index is 2.62. The maximum atomic E-state index is 5.05. The van der Waals surface area contributed by atoms with Crippen molar-refractivity contribution >= 4 is 5.82 Å². The van der Waals surface area contributed by atoms with E-state index in [0.717, 1.165) is 37.6 Å². The van der Waals surface area contributed by atoms with Gasteiger partial charge in [0.15, 0.2) is 0 Å². The van der Waals surface area contributed by atoms with Crippen molar-refractivity contribution in [1.82, 2.24) is 10.3 Å². The van der Waals surface area contributed by atoms with E-state index in [-0.39, 0.29) is 0 Å². The van der Waals surface area contributed by atoms with Crippen LogP contribution in [-0.2, 0) is 11.3 Å². The van der Waals surface area contributed by atoms with Gasteiger partial charge in [-0.1, -0.05) is 6.07 Å². The Morgan fingerprint density at radius 1 is 1.41 bits per heavy atom. The highest BCUT2D eigenvalue weighted by molar-refractivity contribution is 5.40. The number of ether oxygens (including phenoxy) is 1. The van der Waals surface area contributed by atoms with Crippen LogP contribution in [0.25, 0.3) is 0 Å². The molecule has 1 rings (SSSR count). The third-order valence-electron chi connectivity index (χ3n) is 2.78. The largest absolute Gasteiger partial charge is 0.385 e. The monoisotopic (exact) mass is 237 g/mol. The van der Waals surface area contributed by atoms with Crippen LogP contribution >= 0.6 is 0 Å². The summed E-state index contributed by atoms with van der Waals surface area (Å²) in [6.07, 6.45) is 1.02. The van der Waals surface area contributed by atoms with Crippen molar-refractivity contribution in [3.05, 3.63) is 23.4 Å². The molecule has 0 fully saturated rings. The molecule has 4 heteroatoms. The number of methoxy groups -OCH3 is 1. The Morgan fingerprint density at radius 3 is 2.76 bits per heavy atom. The fraction of sp³-hybridized carbons (Fsp3) is 0.615. The van der Waals surface area contributed by atoms with Crippen LogP contribution in [0.5, 0.6) is 0 Å². The molecule has 4 nitrogen and oxygen atoms in total. The molecule has 0 aromatic carbocycles. The third-order valence-corrected chi connectivity index (χ3v) is 2.78. The fourth-order valence-electron chi connectivity index (χ4n) is 1.73. The summed E-state index contributed by atoms with van der Waals surface area (Å²) in [6, 6.07) is 4.22. The Bertz CT molecular complexity index is 341. The standard InChI is InChI=1S/C13H23N3O/c1-11-12(10-14-2)6-7-13(15-11)16(3)8-5-9-17-4/h6-7,14H,5,8-10H2,1-4H3. The first-order valence-electron chi connectivity index (χ1n) is 6.00. The fourth-order valence-corrected chi connectivity index (χ4v) is 1.73. The van der Waals surface area contributed by atoms with Crippen LogP contribution in [0.2, 0.25) is 0 Å². The average Bonchev–Trinajstić information content (AvgIpc) is 2.32. The van der Waals surface area contributed by atoms with E-state index in [2.05, 4.69) is 41.3 Å². The number of pyridine rings is 1. The van der Waals surface area contributed by atoms with Crippen LogP contribution in [0.3, 0.4) is 0 Å². The van der Waals surface area contributed by atoms with E-state index < -0.39 is 0 Å². The van der Waals surface area contributed by atoms with Gasteiger partial charge in [-0.2, -0.15) is 0 Å². The molecule has 1 aromatic rings. The topological polar surface area (TPSA) is 37.4 Å². The molecule has 0 saturated carbocycles. The molecular weight excluding hydrogens is 214 g/mol. The number of hydrogen-bond acceptors (Lipinski definition) is 4. The highest BCUT2D eigenvalue weighted by atomic mass is 16.5. The molecule has 0 aliphatic rings. The molecule has 0 saturated heterocycles. The van der Waals surface area contributed by atoms with Crippen LogP contribution in [0.1, 0.15) is 17.7 Å². The zero-order valence-electron chi connectivity index (χ0n) is 11.3. The summed E-state index contributed by atoms with van der Waals surface area (Å²) in [5.74, 6) is 1.03. The second kappa shape index (κ2) is 7.25. The molecule has 0 radical (unpaired) electrons. The van der Waals surface area contributed by atoms with Crippen molar-refractivity contribution in [3.63, 3.8) is 0 Å². The van der Waals surface area contributed by atoms with Crippen molar-refractivity contribution in [2.75, 3.05) is 39.3 Å². The van der Waals surface area contributed by atoms with Crippen molar-refractivity contribution in [2.45, 2.75) is 19.9 Å². The van der Waals surface area contributed by atoms with E-state index in [1.165, 1.54) is 5.56 Å². The average molecular weight is 237 g/mol. The molecule has 0 amide bonds. The number of anilines is 1. The molecule has 1 N–H and O–H groups in total. The van der Waals surface area contributed by atoms with Gasteiger partial charge in [0.25, 0.3) is 0 Å². The second-order valence-corrected chi connectivity index (χ2v) is 4.21. The minimum absolute atomic E-state index is 0.793. The van der Waals surface area contributed by atoms with Gasteiger partial charge in [0.2, 0.25) is 0 Å². The van der Waals surface area contributed by atoms with Gasteiger partial charge < -0.3 is 15.0 Å².